The van der Waals surface area contributed by atoms with Gasteiger partial charge in [0.2, 0.25) is 0 Å². The van der Waals surface area contributed by atoms with Crippen LogP contribution in [-0.2, 0) is 12.8 Å². The normalized spacial score (nSPS) is 21.3. The van der Waals surface area contributed by atoms with Crippen LogP contribution in [0.25, 0.3) is 0 Å². The molecule has 2 N–H and O–H groups in total. The van der Waals surface area contributed by atoms with Gasteiger partial charge in [-0.25, -0.2) is 0 Å². The number of nitrogens with two attached hydrogens (primary N) is 1. The van der Waals surface area contributed by atoms with Crippen molar-refractivity contribution in [2.45, 2.75) is 57.8 Å². The molecule has 0 unspecified atom stereocenters. The van der Waals surface area contributed by atoms with Crippen LogP contribution in [0.2, 0.25) is 0 Å². The molecular formula is C22H29N. The van der Waals surface area contributed by atoms with Crippen LogP contribution in [0.4, 0.5) is 5.69 Å². The summed E-state index contributed by atoms with van der Waals surface area (Å²) in [7, 11) is 0. The maximum atomic E-state index is 5.74. The second kappa shape index (κ2) is 7.68. The third-order valence-electron chi connectivity index (χ3n) is 5.56. The number of hydrogen-bond acceptors (Lipinski definition) is 1. The van der Waals surface area contributed by atoms with Crippen molar-refractivity contribution >= 4 is 5.69 Å². The fraction of sp³-hybridized carbons (Fsp3) is 0.455. The van der Waals surface area contributed by atoms with E-state index in [1.165, 1.54) is 43.2 Å². The average molecular weight is 307 g/mol. The van der Waals surface area contributed by atoms with Gasteiger partial charge in [-0.2, -0.15) is 0 Å². The van der Waals surface area contributed by atoms with Crippen LogP contribution < -0.4 is 5.73 Å². The van der Waals surface area contributed by atoms with Gasteiger partial charge in [0.05, 0.1) is 0 Å². The first-order chi connectivity index (χ1) is 11.2. The molecule has 0 aliphatic heterocycles. The van der Waals surface area contributed by atoms with Crippen LogP contribution in [0.5, 0.6) is 0 Å². The van der Waals surface area contributed by atoms with Gasteiger partial charge < -0.3 is 5.73 Å². The molecule has 1 aliphatic rings. The molecule has 23 heavy (non-hydrogen) atoms. The Hall–Kier alpha value is -1.76. The molecule has 2 aromatic carbocycles. The molecule has 0 heterocycles. The van der Waals surface area contributed by atoms with Gasteiger partial charge in [0.1, 0.15) is 0 Å². The van der Waals surface area contributed by atoms with Crippen molar-refractivity contribution in [3.05, 3.63) is 65.2 Å². The van der Waals surface area contributed by atoms with E-state index in [4.69, 9.17) is 5.73 Å². The second-order valence-electron chi connectivity index (χ2n) is 7.11. The second-order valence-corrected chi connectivity index (χ2v) is 7.11. The Morgan fingerprint density at radius 2 is 1.30 bits per heavy atom. The lowest BCUT2D eigenvalue weighted by atomic mass is 9.78. The monoisotopic (exact) mass is 307 g/mol. The molecule has 1 aliphatic carbocycles. The van der Waals surface area contributed by atoms with E-state index in [-0.39, 0.29) is 0 Å². The molecule has 1 saturated carbocycles. The molecule has 0 atom stereocenters. The molecule has 0 radical (unpaired) electrons. The molecule has 0 amide bonds. The van der Waals surface area contributed by atoms with Gasteiger partial charge in [0.25, 0.3) is 0 Å². The molecule has 1 fully saturated rings. The summed E-state index contributed by atoms with van der Waals surface area (Å²) in [6.07, 6.45) is 9.14. The van der Waals surface area contributed by atoms with E-state index in [0.29, 0.717) is 0 Å². The van der Waals surface area contributed by atoms with E-state index in [2.05, 4.69) is 43.3 Å². The number of aryl methyl sites for hydroxylation is 2. The zero-order valence-electron chi connectivity index (χ0n) is 14.3. The zero-order valence-corrected chi connectivity index (χ0v) is 14.3. The summed E-state index contributed by atoms with van der Waals surface area (Å²) in [6, 6.07) is 17.7. The van der Waals surface area contributed by atoms with Crippen LogP contribution in [0.15, 0.2) is 48.5 Å². The Morgan fingerprint density at radius 3 is 1.83 bits per heavy atom. The van der Waals surface area contributed by atoms with E-state index in [9.17, 15) is 0 Å². The molecule has 1 heteroatoms. The lowest BCUT2D eigenvalue weighted by molar-refractivity contribution is 0.319. The maximum Gasteiger partial charge on any atom is 0.0314 e. The van der Waals surface area contributed by atoms with E-state index < -0.39 is 0 Å². The Morgan fingerprint density at radius 1 is 0.783 bits per heavy atom. The Kier molecular flexibility index (Phi) is 5.38. The topological polar surface area (TPSA) is 26.0 Å². The van der Waals surface area contributed by atoms with Gasteiger partial charge in [-0.3, -0.25) is 0 Å². The summed E-state index contributed by atoms with van der Waals surface area (Å²) >= 11 is 0. The molecule has 0 bridgehead atoms. The molecule has 0 saturated heterocycles. The fourth-order valence-corrected chi connectivity index (χ4v) is 3.83. The average Bonchev–Trinajstić information content (AvgIpc) is 2.62. The van der Waals surface area contributed by atoms with Crippen molar-refractivity contribution in [2.75, 3.05) is 5.73 Å². The van der Waals surface area contributed by atoms with Crippen LogP contribution >= 0.6 is 0 Å². The highest BCUT2D eigenvalue weighted by atomic mass is 14.5. The molecule has 0 spiro atoms. The first-order valence-electron chi connectivity index (χ1n) is 9.18. The van der Waals surface area contributed by atoms with Crippen LogP contribution in [-0.4, -0.2) is 0 Å². The SMILES string of the molecule is CCC1CCC(c2ccc(CCc3ccc(N)cc3)cc2)CC1. The summed E-state index contributed by atoms with van der Waals surface area (Å²) in [5.41, 5.74) is 10.9. The molecule has 3 rings (SSSR count). The van der Waals surface area contributed by atoms with E-state index >= 15 is 0 Å². The van der Waals surface area contributed by atoms with Crippen LogP contribution in [0.3, 0.4) is 0 Å². The molecule has 0 aromatic heterocycles. The Bertz CT molecular complexity index is 589. The highest BCUT2D eigenvalue weighted by Crippen LogP contribution is 2.36. The van der Waals surface area contributed by atoms with Gasteiger partial charge in [-0.15, -0.1) is 0 Å². The van der Waals surface area contributed by atoms with E-state index in [0.717, 1.165) is 30.4 Å². The van der Waals surface area contributed by atoms with E-state index in [1.807, 2.05) is 12.1 Å². The van der Waals surface area contributed by atoms with Crippen LogP contribution in [0.1, 0.15) is 61.6 Å². The van der Waals surface area contributed by atoms with Crippen molar-refractivity contribution in [1.82, 2.24) is 0 Å². The summed E-state index contributed by atoms with van der Waals surface area (Å²) in [6.45, 7) is 2.33. The first-order valence-corrected chi connectivity index (χ1v) is 9.18. The van der Waals surface area contributed by atoms with Crippen molar-refractivity contribution in [3.8, 4) is 0 Å². The quantitative estimate of drug-likeness (QED) is 0.700. The molecule has 1 nitrogen and oxygen atoms in total. The van der Waals surface area contributed by atoms with Gasteiger partial charge in [0, 0.05) is 5.69 Å². The largest absolute Gasteiger partial charge is 0.399 e. The predicted octanol–water partition coefficient (Wildman–Crippen LogP) is 5.74. The first kappa shape index (κ1) is 16.1. The smallest absolute Gasteiger partial charge is 0.0314 e. The summed E-state index contributed by atoms with van der Waals surface area (Å²) in [5, 5.41) is 0. The van der Waals surface area contributed by atoms with Gasteiger partial charge in [-0.05, 0) is 79.2 Å². The van der Waals surface area contributed by atoms with Gasteiger partial charge >= 0.3 is 0 Å². The van der Waals surface area contributed by atoms with Gasteiger partial charge in [-0.1, -0.05) is 49.7 Å². The van der Waals surface area contributed by atoms with Crippen LogP contribution in [0, 0.1) is 5.92 Å². The lowest BCUT2D eigenvalue weighted by Gasteiger charge is -2.28. The lowest BCUT2D eigenvalue weighted by Crippen LogP contribution is -2.12. The summed E-state index contributed by atoms with van der Waals surface area (Å²) in [4.78, 5) is 0. The number of hydrogen-bond donors (Lipinski definition) is 1. The highest BCUT2D eigenvalue weighted by molar-refractivity contribution is 5.39. The fourth-order valence-electron chi connectivity index (χ4n) is 3.83. The minimum Gasteiger partial charge on any atom is -0.399 e. The molecular weight excluding hydrogens is 278 g/mol. The molecule has 122 valence electrons. The highest BCUT2D eigenvalue weighted by Gasteiger charge is 2.20. The molecule has 2 aromatic rings. The third-order valence-corrected chi connectivity index (χ3v) is 5.56. The minimum atomic E-state index is 0.795. The van der Waals surface area contributed by atoms with Crippen molar-refractivity contribution < 1.29 is 0 Å². The number of anilines is 1. The van der Waals surface area contributed by atoms with Crippen molar-refractivity contribution in [1.29, 1.82) is 0 Å². The number of rotatable bonds is 5. The summed E-state index contributed by atoms with van der Waals surface area (Å²) < 4.78 is 0. The van der Waals surface area contributed by atoms with Gasteiger partial charge in [0.15, 0.2) is 0 Å². The standard InChI is InChI=1S/C22H29N/c1-2-17-5-11-20(12-6-17)21-13-7-18(8-14-21)3-4-19-9-15-22(23)16-10-19/h7-10,13-17,20H,2-6,11-12,23H2,1H3. The third kappa shape index (κ3) is 4.37. The Labute approximate surface area is 140 Å². The zero-order chi connectivity index (χ0) is 16.1. The minimum absolute atomic E-state index is 0.795. The summed E-state index contributed by atoms with van der Waals surface area (Å²) in [5.74, 6) is 1.77. The van der Waals surface area contributed by atoms with Crippen molar-refractivity contribution in [3.63, 3.8) is 0 Å². The predicted molar refractivity (Wildman–Crippen MR) is 99.7 cm³/mol. The Balaban J connectivity index is 1.54. The van der Waals surface area contributed by atoms with Crippen molar-refractivity contribution in [2.24, 2.45) is 5.92 Å². The number of benzene rings is 2. The number of nitrogen functional groups attached to an aromatic ring is 1. The van der Waals surface area contributed by atoms with E-state index in [1.54, 1.807) is 5.56 Å². The maximum absolute atomic E-state index is 5.74.